The van der Waals surface area contributed by atoms with E-state index in [2.05, 4.69) is 59.6 Å². The van der Waals surface area contributed by atoms with Crippen LogP contribution in [0.15, 0.2) is 24.3 Å². The van der Waals surface area contributed by atoms with Crippen molar-refractivity contribution in [2.45, 2.75) is 82.6 Å². The highest BCUT2D eigenvalue weighted by atomic mass is 33.1. The van der Waals surface area contributed by atoms with E-state index in [1.807, 2.05) is 6.92 Å². The second kappa shape index (κ2) is 14.2. The molecule has 39 heavy (non-hydrogen) atoms. The first-order valence-electron chi connectivity index (χ1n) is 13.2. The van der Waals surface area contributed by atoms with Gasteiger partial charge in [0.15, 0.2) is 19.8 Å². The smallest absolute Gasteiger partial charge is 0.411 e. The van der Waals surface area contributed by atoms with Crippen molar-refractivity contribution in [3.05, 3.63) is 29.8 Å². The van der Waals surface area contributed by atoms with Crippen molar-refractivity contribution in [2.75, 3.05) is 39.3 Å². The maximum absolute atomic E-state index is 14.0. The minimum atomic E-state index is -2.01. The van der Waals surface area contributed by atoms with E-state index in [1.165, 1.54) is 14.2 Å². The molecular weight excluding hydrogens is 553 g/mol. The molecule has 2 atom stereocenters. The molecule has 0 spiro atoms. The van der Waals surface area contributed by atoms with E-state index in [1.54, 1.807) is 38.6 Å². The fourth-order valence-electron chi connectivity index (χ4n) is 3.67. The largest absolute Gasteiger partial charge is 0.493 e. The first kappa shape index (κ1) is 33.4. The number of carbonyl (C=O) groups is 2. The Bertz CT molecular complexity index is 1030. The highest BCUT2D eigenvalue weighted by Gasteiger charge is 2.40. The van der Waals surface area contributed by atoms with Crippen molar-refractivity contribution >= 4 is 47.6 Å². The highest BCUT2D eigenvalue weighted by molar-refractivity contribution is 8.77. The van der Waals surface area contributed by atoms with Gasteiger partial charge in [-0.25, -0.2) is 4.79 Å². The van der Waals surface area contributed by atoms with Gasteiger partial charge in [-0.2, -0.15) is 0 Å². The summed E-state index contributed by atoms with van der Waals surface area (Å²) in [4.78, 5) is 28.5. The molecule has 2 amide bonds. The number of nitrogens with zero attached hydrogens (tertiary/aromatic N) is 1. The number of benzene rings is 1. The summed E-state index contributed by atoms with van der Waals surface area (Å²) < 4.78 is 22.8. The topological polar surface area (TPSA) is 86.3 Å². The predicted octanol–water partition coefficient (Wildman–Crippen LogP) is 7.22. The number of anilines is 1. The van der Waals surface area contributed by atoms with E-state index in [0.717, 1.165) is 5.57 Å². The summed E-state index contributed by atoms with van der Waals surface area (Å²) in [5.74, 6) is 0.541. The zero-order valence-electron chi connectivity index (χ0n) is 25.1. The zero-order valence-corrected chi connectivity index (χ0v) is 27.8. The molecule has 1 fully saturated rings. The first-order chi connectivity index (χ1) is 18.1. The molecule has 0 aliphatic carbocycles. The number of likely N-dealkylation sites (tertiary alicyclic amines) is 1. The van der Waals surface area contributed by atoms with Gasteiger partial charge in [-0.1, -0.05) is 68.4 Å². The SMILES string of the molecule is C=C1C[C@@H](CO[Si](C)(C)C(C)(C)C)N(C(=O)c2cc(OC)c(OC)cc2NC(=O)OC[C@@H](C)SSC(C)C)C1. The van der Waals surface area contributed by atoms with Crippen molar-refractivity contribution in [3.8, 4) is 11.5 Å². The van der Waals surface area contributed by atoms with Crippen LogP contribution in [-0.2, 0) is 9.16 Å². The highest BCUT2D eigenvalue weighted by Crippen LogP contribution is 2.39. The standard InChI is InChI=1S/C28H46N2O6S2Si/c1-18(2)37-38-20(4)16-35-27(32)29-23-14-25(34-9)24(33-8)13-22(23)26(31)30-15-19(3)12-21(30)17-36-39(10,11)28(5,6)7/h13-14,18,20-21H,3,12,15-17H2,1-2,4-11H3,(H,29,32)/t20-,21+/m1/s1. The predicted molar refractivity (Wildman–Crippen MR) is 166 cm³/mol. The molecule has 1 N–H and O–H groups in total. The molecule has 0 saturated carbocycles. The summed E-state index contributed by atoms with van der Waals surface area (Å²) in [6.45, 7) is 22.5. The third-order valence-corrected chi connectivity index (χ3v) is 14.8. The average Bonchev–Trinajstić information content (AvgIpc) is 3.23. The van der Waals surface area contributed by atoms with Gasteiger partial charge in [-0.15, -0.1) is 0 Å². The number of rotatable bonds is 12. The van der Waals surface area contributed by atoms with Crippen LogP contribution in [-0.4, -0.2) is 75.7 Å². The number of hydrogen-bond donors (Lipinski definition) is 1. The van der Waals surface area contributed by atoms with Crippen molar-refractivity contribution in [1.29, 1.82) is 0 Å². The molecule has 1 aliphatic rings. The van der Waals surface area contributed by atoms with Crippen molar-refractivity contribution in [2.24, 2.45) is 0 Å². The minimum Gasteiger partial charge on any atom is -0.493 e. The fraction of sp³-hybridized carbons (Fsp3) is 0.643. The van der Waals surface area contributed by atoms with Gasteiger partial charge in [0.1, 0.15) is 6.61 Å². The van der Waals surface area contributed by atoms with Crippen LogP contribution in [0.3, 0.4) is 0 Å². The average molecular weight is 599 g/mol. The fourth-order valence-corrected chi connectivity index (χ4v) is 6.65. The lowest BCUT2D eigenvalue weighted by atomic mass is 10.1. The Hall–Kier alpha value is -1.82. The summed E-state index contributed by atoms with van der Waals surface area (Å²) in [5.41, 5.74) is 1.54. The van der Waals surface area contributed by atoms with E-state index in [0.29, 0.717) is 42.0 Å². The maximum Gasteiger partial charge on any atom is 0.411 e. The molecule has 2 rings (SSSR count). The molecule has 1 aromatic carbocycles. The molecule has 1 heterocycles. The molecule has 0 radical (unpaired) electrons. The normalized spacial score (nSPS) is 16.8. The summed E-state index contributed by atoms with van der Waals surface area (Å²) in [7, 11) is 4.42. The van der Waals surface area contributed by atoms with Gasteiger partial charge < -0.3 is 23.5 Å². The Morgan fingerprint density at radius 1 is 1.13 bits per heavy atom. The molecule has 1 saturated heterocycles. The molecule has 0 unspecified atom stereocenters. The Labute approximate surface area is 243 Å². The van der Waals surface area contributed by atoms with Gasteiger partial charge in [-0.05, 0) is 37.5 Å². The number of ether oxygens (including phenoxy) is 3. The Balaban J connectivity index is 2.27. The Morgan fingerprint density at radius 2 is 1.74 bits per heavy atom. The van der Waals surface area contributed by atoms with E-state index in [-0.39, 0.29) is 34.4 Å². The maximum atomic E-state index is 14.0. The van der Waals surface area contributed by atoms with Gasteiger partial charge >= 0.3 is 6.09 Å². The van der Waals surface area contributed by atoms with Crippen LogP contribution < -0.4 is 14.8 Å². The Morgan fingerprint density at radius 3 is 2.31 bits per heavy atom. The van der Waals surface area contributed by atoms with Crippen molar-refractivity contribution in [1.82, 2.24) is 4.90 Å². The van der Waals surface area contributed by atoms with Crippen LogP contribution in [0.1, 0.15) is 58.3 Å². The summed E-state index contributed by atoms with van der Waals surface area (Å²) >= 11 is 0. The van der Waals surface area contributed by atoms with Crippen LogP contribution in [0, 0.1) is 0 Å². The number of amides is 2. The lowest BCUT2D eigenvalue weighted by Gasteiger charge is -2.38. The second-order valence-corrected chi connectivity index (χ2v) is 19.7. The van der Waals surface area contributed by atoms with E-state index in [4.69, 9.17) is 18.6 Å². The Kier molecular flexibility index (Phi) is 12.1. The first-order valence-corrected chi connectivity index (χ1v) is 18.4. The molecule has 0 bridgehead atoms. The van der Waals surface area contributed by atoms with Gasteiger partial charge in [0, 0.05) is 23.1 Å². The molecule has 0 aromatic heterocycles. The molecule has 1 aliphatic heterocycles. The monoisotopic (exact) mass is 598 g/mol. The second-order valence-electron chi connectivity index (χ2n) is 11.6. The van der Waals surface area contributed by atoms with Crippen molar-refractivity contribution < 1.29 is 28.2 Å². The van der Waals surface area contributed by atoms with E-state index in [9.17, 15) is 9.59 Å². The number of nitrogens with one attached hydrogen (secondary N) is 1. The quantitative estimate of drug-likeness (QED) is 0.153. The number of carbonyl (C=O) groups excluding carboxylic acids is 2. The molecule has 8 nitrogen and oxygen atoms in total. The van der Waals surface area contributed by atoms with Crippen molar-refractivity contribution in [3.63, 3.8) is 0 Å². The van der Waals surface area contributed by atoms with Crippen LogP contribution >= 0.6 is 21.6 Å². The third kappa shape index (κ3) is 9.36. The lowest BCUT2D eigenvalue weighted by molar-refractivity contribution is 0.0686. The number of methoxy groups -OCH3 is 2. The summed E-state index contributed by atoms with van der Waals surface area (Å²) in [5, 5.41) is 3.41. The summed E-state index contributed by atoms with van der Waals surface area (Å²) in [6, 6.07) is 3.04. The van der Waals surface area contributed by atoms with Crippen LogP contribution in [0.2, 0.25) is 18.1 Å². The third-order valence-electron chi connectivity index (χ3n) is 6.91. The van der Waals surface area contributed by atoms with E-state index < -0.39 is 14.4 Å². The van der Waals surface area contributed by atoms with Gasteiger partial charge in [0.2, 0.25) is 0 Å². The molecular formula is C28H46N2O6S2Si. The van der Waals surface area contributed by atoms with Gasteiger partial charge in [-0.3, -0.25) is 10.1 Å². The molecule has 11 heteroatoms. The van der Waals surface area contributed by atoms with E-state index >= 15 is 0 Å². The zero-order chi connectivity index (χ0) is 29.5. The van der Waals surface area contributed by atoms with Crippen LogP contribution in [0.5, 0.6) is 11.5 Å². The lowest BCUT2D eigenvalue weighted by Crippen LogP contribution is -2.46. The number of hydrogen-bond acceptors (Lipinski definition) is 8. The minimum absolute atomic E-state index is 0.0573. The molecule has 1 aromatic rings. The van der Waals surface area contributed by atoms with Gasteiger partial charge in [0.05, 0.1) is 38.1 Å². The van der Waals surface area contributed by atoms with Crippen LogP contribution in [0.25, 0.3) is 0 Å². The summed E-state index contributed by atoms with van der Waals surface area (Å²) in [6.07, 6.45) is 0.0319. The molecule has 220 valence electrons. The van der Waals surface area contributed by atoms with Crippen LogP contribution in [0.4, 0.5) is 10.5 Å². The van der Waals surface area contributed by atoms with Gasteiger partial charge in [0.25, 0.3) is 5.91 Å².